The Balaban J connectivity index is 2.14. The van der Waals surface area contributed by atoms with Crippen LogP contribution in [0.25, 0.3) is 11.3 Å². The maximum atomic E-state index is 13.3. The number of aromatic amines is 1. The third-order valence-electron chi connectivity index (χ3n) is 4.95. The van der Waals surface area contributed by atoms with E-state index in [0.717, 1.165) is 14.7 Å². The van der Waals surface area contributed by atoms with Crippen LogP contribution in [0, 0.1) is 0 Å². The van der Waals surface area contributed by atoms with Crippen LogP contribution in [0.5, 0.6) is 5.75 Å². The molecule has 7 nitrogen and oxygen atoms in total. The van der Waals surface area contributed by atoms with Crippen molar-refractivity contribution in [1.82, 2.24) is 10.1 Å². The molecule has 0 fully saturated rings. The van der Waals surface area contributed by atoms with Crippen molar-refractivity contribution >= 4 is 71.1 Å². The van der Waals surface area contributed by atoms with Gasteiger partial charge in [-0.3, -0.25) is 14.6 Å². The molecular formula is C21H18Br3N4O3S+. The molecule has 0 spiro atoms. The molecule has 32 heavy (non-hydrogen) atoms. The summed E-state index contributed by atoms with van der Waals surface area (Å²) in [5, 5.41) is 5.22. The molecule has 1 N–H and O–H groups in total. The van der Waals surface area contributed by atoms with Crippen LogP contribution in [0.3, 0.4) is 0 Å². The van der Waals surface area contributed by atoms with Crippen LogP contribution in [-0.4, -0.2) is 28.9 Å². The van der Waals surface area contributed by atoms with Gasteiger partial charge in [-0.15, -0.1) is 0 Å². The Kier molecular flexibility index (Phi) is 6.81. The molecule has 2 aromatic carbocycles. The number of fused-ring (bicyclic) bond motifs is 3. The number of H-pyrrole nitrogens is 1. The molecule has 1 aliphatic rings. The van der Waals surface area contributed by atoms with Gasteiger partial charge in [-0.2, -0.15) is 0 Å². The van der Waals surface area contributed by atoms with Crippen molar-refractivity contribution in [2.75, 3.05) is 17.8 Å². The standard InChI is InChI=1S/C21H17Br3N4O3S/c1-4-32-21-25-19(30)17-13-7-11(22)5-6-16(13)27(10(2)29)20(28(17)26-21)14-8-12(23)9-15(24)18(14)31-3/h5-9,20H,4H2,1-3H3/p+1. The van der Waals surface area contributed by atoms with Gasteiger partial charge in [-0.1, -0.05) is 50.5 Å². The molecule has 0 bridgehead atoms. The Bertz CT molecular complexity index is 1300. The summed E-state index contributed by atoms with van der Waals surface area (Å²) < 4.78 is 9.61. The lowest BCUT2D eigenvalue weighted by Gasteiger charge is -2.32. The fraction of sp³-hybridized carbons (Fsp3) is 0.238. The Morgan fingerprint density at radius 3 is 2.66 bits per heavy atom. The van der Waals surface area contributed by atoms with Crippen LogP contribution < -0.4 is 19.9 Å². The van der Waals surface area contributed by atoms with Crippen LogP contribution in [0.15, 0.2) is 53.7 Å². The van der Waals surface area contributed by atoms with Crippen LogP contribution in [0.1, 0.15) is 25.6 Å². The third-order valence-corrected chi connectivity index (χ3v) is 7.24. The molecule has 1 amide bonds. The van der Waals surface area contributed by atoms with Crippen LogP contribution in [0.4, 0.5) is 5.69 Å². The van der Waals surface area contributed by atoms with Gasteiger partial charge in [0.2, 0.25) is 11.1 Å². The highest BCUT2D eigenvalue weighted by Gasteiger charge is 2.46. The van der Waals surface area contributed by atoms with E-state index in [9.17, 15) is 9.59 Å². The monoisotopic (exact) mass is 643 g/mol. The number of amides is 1. The van der Waals surface area contributed by atoms with E-state index in [4.69, 9.17) is 9.84 Å². The molecule has 0 saturated heterocycles. The molecule has 0 saturated carbocycles. The number of anilines is 1. The average molecular weight is 646 g/mol. The van der Waals surface area contributed by atoms with E-state index < -0.39 is 6.17 Å². The highest BCUT2D eigenvalue weighted by atomic mass is 79.9. The number of methoxy groups -OCH3 is 1. The van der Waals surface area contributed by atoms with E-state index in [1.807, 2.05) is 37.3 Å². The molecule has 1 unspecified atom stereocenters. The predicted octanol–water partition coefficient (Wildman–Crippen LogP) is 5.05. The second-order valence-corrected chi connectivity index (χ2v) is 10.9. The Morgan fingerprint density at radius 1 is 1.25 bits per heavy atom. The summed E-state index contributed by atoms with van der Waals surface area (Å²) in [5.74, 6) is 1.09. The topological polar surface area (TPSA) is 79.2 Å². The summed E-state index contributed by atoms with van der Waals surface area (Å²) in [6, 6.07) is 9.23. The number of nitrogens with zero attached hydrogens (tertiary/aromatic N) is 3. The Morgan fingerprint density at radius 2 is 2.00 bits per heavy atom. The van der Waals surface area contributed by atoms with E-state index >= 15 is 0 Å². The van der Waals surface area contributed by atoms with Crippen LogP contribution in [0.2, 0.25) is 0 Å². The van der Waals surface area contributed by atoms with Gasteiger partial charge in [-0.05, 0) is 56.7 Å². The zero-order valence-electron chi connectivity index (χ0n) is 17.3. The fourth-order valence-electron chi connectivity index (χ4n) is 3.81. The summed E-state index contributed by atoms with van der Waals surface area (Å²) in [6.45, 7) is 3.48. The van der Waals surface area contributed by atoms with E-state index in [2.05, 4.69) is 52.8 Å². The minimum Gasteiger partial charge on any atom is -0.495 e. The first-order valence-electron chi connectivity index (χ1n) is 9.58. The Labute approximate surface area is 213 Å². The van der Waals surface area contributed by atoms with Gasteiger partial charge in [0.25, 0.3) is 6.17 Å². The van der Waals surface area contributed by atoms with E-state index in [-0.39, 0.29) is 11.5 Å². The van der Waals surface area contributed by atoms with Gasteiger partial charge in [0.1, 0.15) is 5.75 Å². The van der Waals surface area contributed by atoms with Gasteiger partial charge < -0.3 is 4.74 Å². The van der Waals surface area contributed by atoms with Crippen LogP contribution >= 0.6 is 59.6 Å². The first-order valence-corrected chi connectivity index (χ1v) is 12.9. The number of thioether (sulfide) groups is 1. The number of ether oxygens (including phenoxy) is 1. The molecule has 2 heterocycles. The third kappa shape index (κ3) is 4.04. The number of halogens is 3. The van der Waals surface area contributed by atoms with Crippen molar-refractivity contribution in [1.29, 1.82) is 0 Å². The van der Waals surface area contributed by atoms with Crippen molar-refractivity contribution in [3.63, 3.8) is 0 Å². The smallest absolute Gasteiger partial charge is 0.325 e. The van der Waals surface area contributed by atoms with Crippen molar-refractivity contribution < 1.29 is 14.2 Å². The summed E-state index contributed by atoms with van der Waals surface area (Å²) in [7, 11) is 1.57. The predicted molar refractivity (Wildman–Crippen MR) is 134 cm³/mol. The number of carbonyl (C=O) groups excluding carboxylic acids is 1. The first-order chi connectivity index (χ1) is 15.3. The molecule has 0 radical (unpaired) electrons. The van der Waals surface area contributed by atoms with E-state index in [1.54, 1.807) is 16.7 Å². The van der Waals surface area contributed by atoms with Gasteiger partial charge in [0, 0.05) is 21.0 Å². The van der Waals surface area contributed by atoms with E-state index in [1.165, 1.54) is 18.7 Å². The molecule has 11 heteroatoms. The second kappa shape index (κ2) is 9.28. The fourth-order valence-corrected chi connectivity index (χ4v) is 6.17. The number of rotatable bonds is 4. The lowest BCUT2D eigenvalue weighted by molar-refractivity contribution is -0.763. The minimum absolute atomic E-state index is 0.193. The van der Waals surface area contributed by atoms with Crippen LogP contribution in [-0.2, 0) is 4.79 Å². The SMILES string of the molecule is CCSc1n[n+]2c(c(=O)[nH]1)-c1cc(Br)ccc1N(C(C)=O)C2c1cc(Br)cc(Br)c1OC. The average Bonchev–Trinajstić information content (AvgIpc) is 2.72. The lowest BCUT2D eigenvalue weighted by Crippen LogP contribution is -2.60. The number of carbonyl (C=O) groups is 1. The highest BCUT2D eigenvalue weighted by molar-refractivity contribution is 9.11. The van der Waals surface area contributed by atoms with Gasteiger partial charge in [0.05, 0.1) is 28.4 Å². The number of nitrogens with one attached hydrogen (secondary N) is 1. The zero-order valence-corrected chi connectivity index (χ0v) is 22.9. The summed E-state index contributed by atoms with van der Waals surface area (Å²) in [6.07, 6.45) is -0.738. The van der Waals surface area contributed by atoms with Crippen molar-refractivity contribution in [3.8, 4) is 17.0 Å². The van der Waals surface area contributed by atoms with E-state index in [0.29, 0.717) is 37.9 Å². The second-order valence-electron chi connectivity index (χ2n) is 6.92. The van der Waals surface area contributed by atoms with Crippen molar-refractivity contribution in [2.24, 2.45) is 0 Å². The van der Waals surface area contributed by atoms with Crippen molar-refractivity contribution in [3.05, 3.63) is 59.7 Å². The van der Waals surface area contributed by atoms with Gasteiger partial charge >= 0.3 is 11.3 Å². The molecule has 1 atom stereocenters. The quantitative estimate of drug-likeness (QED) is 0.318. The lowest BCUT2D eigenvalue weighted by atomic mass is 10.0. The molecule has 4 rings (SSSR count). The maximum Gasteiger partial charge on any atom is 0.325 e. The number of hydrogen-bond acceptors (Lipinski definition) is 5. The molecule has 0 aliphatic carbocycles. The van der Waals surface area contributed by atoms with Crippen molar-refractivity contribution in [2.45, 2.75) is 25.2 Å². The van der Waals surface area contributed by atoms with Gasteiger partial charge in [0.15, 0.2) is 0 Å². The summed E-state index contributed by atoms with van der Waals surface area (Å²) in [5.41, 5.74) is 1.99. The summed E-state index contributed by atoms with van der Waals surface area (Å²) in [4.78, 5) is 30.8. The molecule has 166 valence electrons. The summed E-state index contributed by atoms with van der Waals surface area (Å²) >= 11 is 12.0. The minimum atomic E-state index is -0.738. The molecular weight excluding hydrogens is 628 g/mol. The zero-order chi connectivity index (χ0) is 23.2. The highest BCUT2D eigenvalue weighted by Crippen LogP contribution is 2.43. The largest absolute Gasteiger partial charge is 0.495 e. The molecule has 1 aromatic heterocycles. The molecule has 1 aliphatic heterocycles. The number of benzene rings is 2. The van der Waals surface area contributed by atoms with Gasteiger partial charge in [-0.25, -0.2) is 4.90 Å². The first kappa shape index (κ1) is 23.5. The maximum absolute atomic E-state index is 13.3. The normalized spacial score (nSPS) is 14.7. The number of aromatic nitrogens is 3. The Hall–Kier alpha value is -1.69. The number of hydrogen-bond donors (Lipinski definition) is 1. The molecule has 3 aromatic rings.